The number of carboxylic acid groups (broad SMARTS) is 1. The molecule has 0 aromatic heterocycles. The van der Waals surface area contributed by atoms with Crippen molar-refractivity contribution in [1.29, 1.82) is 5.26 Å². The summed E-state index contributed by atoms with van der Waals surface area (Å²) >= 11 is 0. The second-order valence-corrected chi connectivity index (χ2v) is 4.33. The first-order valence-corrected chi connectivity index (χ1v) is 5.54. The minimum Gasteiger partial charge on any atom is -0.481 e. The summed E-state index contributed by atoms with van der Waals surface area (Å²) in [6, 6.07) is 6.41. The summed E-state index contributed by atoms with van der Waals surface area (Å²) in [5.41, 5.74) is 0.404. The number of benzene rings is 1. The molecule has 1 unspecified atom stereocenters. The Labute approximate surface area is 105 Å². The van der Waals surface area contributed by atoms with Gasteiger partial charge in [0.2, 0.25) is 0 Å². The SMILES string of the molecule is CC(CN(C)Cc1cccc(C#N)c1F)C(=O)O. The summed E-state index contributed by atoms with van der Waals surface area (Å²) in [6.45, 7) is 2.20. The molecular formula is C13H15FN2O2. The molecule has 0 radical (unpaired) electrons. The molecular weight excluding hydrogens is 235 g/mol. The Bertz CT molecular complexity index is 482. The van der Waals surface area contributed by atoms with Crippen LogP contribution in [0.4, 0.5) is 4.39 Å². The summed E-state index contributed by atoms with van der Waals surface area (Å²) < 4.78 is 13.8. The summed E-state index contributed by atoms with van der Waals surface area (Å²) in [4.78, 5) is 12.4. The third-order valence-electron chi connectivity index (χ3n) is 2.65. The van der Waals surface area contributed by atoms with Gasteiger partial charge >= 0.3 is 5.97 Å². The molecule has 1 aromatic carbocycles. The van der Waals surface area contributed by atoms with E-state index in [4.69, 9.17) is 10.4 Å². The number of nitriles is 1. The summed E-state index contributed by atoms with van der Waals surface area (Å²) in [7, 11) is 1.72. The molecule has 4 nitrogen and oxygen atoms in total. The van der Waals surface area contributed by atoms with Crippen LogP contribution in [0.25, 0.3) is 0 Å². The van der Waals surface area contributed by atoms with Crippen LogP contribution in [-0.2, 0) is 11.3 Å². The molecule has 0 fully saturated rings. The minimum atomic E-state index is -0.881. The Morgan fingerprint density at radius 2 is 2.28 bits per heavy atom. The van der Waals surface area contributed by atoms with E-state index >= 15 is 0 Å². The predicted molar refractivity (Wildman–Crippen MR) is 64.2 cm³/mol. The van der Waals surface area contributed by atoms with Crippen LogP contribution < -0.4 is 0 Å². The Hall–Kier alpha value is -1.93. The van der Waals surface area contributed by atoms with Crippen LogP contribution in [0, 0.1) is 23.1 Å². The van der Waals surface area contributed by atoms with Gasteiger partial charge in [-0.2, -0.15) is 5.26 Å². The molecule has 0 aliphatic carbocycles. The fourth-order valence-corrected chi connectivity index (χ4v) is 1.69. The molecule has 0 heterocycles. The second-order valence-electron chi connectivity index (χ2n) is 4.33. The van der Waals surface area contributed by atoms with Crippen molar-refractivity contribution in [3.05, 3.63) is 35.1 Å². The molecule has 0 amide bonds. The van der Waals surface area contributed by atoms with Crippen LogP contribution >= 0.6 is 0 Å². The number of rotatable bonds is 5. The van der Waals surface area contributed by atoms with E-state index in [1.54, 1.807) is 37.1 Å². The number of hydrogen-bond donors (Lipinski definition) is 1. The van der Waals surface area contributed by atoms with Gasteiger partial charge in [0, 0.05) is 18.7 Å². The molecule has 0 saturated carbocycles. The summed E-state index contributed by atoms with van der Waals surface area (Å²) in [6.07, 6.45) is 0. The normalized spacial score (nSPS) is 12.2. The first kappa shape index (κ1) is 14.1. The molecule has 1 atom stereocenters. The lowest BCUT2D eigenvalue weighted by Crippen LogP contribution is -2.28. The van der Waals surface area contributed by atoms with Gasteiger partial charge in [-0.25, -0.2) is 4.39 Å². The standard InChI is InChI=1S/C13H15FN2O2/c1-9(13(17)18)7-16(2)8-11-5-3-4-10(6-15)12(11)14/h3-5,9H,7-8H2,1-2H3,(H,17,18). The maximum absolute atomic E-state index is 13.8. The average Bonchev–Trinajstić information content (AvgIpc) is 2.31. The highest BCUT2D eigenvalue weighted by Gasteiger charge is 2.15. The van der Waals surface area contributed by atoms with Crippen molar-refractivity contribution in [3.63, 3.8) is 0 Å². The number of carbonyl (C=O) groups is 1. The molecule has 0 bridgehead atoms. The number of hydrogen-bond acceptors (Lipinski definition) is 3. The third kappa shape index (κ3) is 3.54. The third-order valence-corrected chi connectivity index (χ3v) is 2.65. The highest BCUT2D eigenvalue weighted by atomic mass is 19.1. The van der Waals surface area contributed by atoms with Crippen LogP contribution in [0.1, 0.15) is 18.1 Å². The van der Waals surface area contributed by atoms with Gasteiger partial charge in [-0.15, -0.1) is 0 Å². The lowest BCUT2D eigenvalue weighted by molar-refractivity contribution is -0.141. The van der Waals surface area contributed by atoms with E-state index in [9.17, 15) is 9.18 Å². The van der Waals surface area contributed by atoms with E-state index in [0.29, 0.717) is 12.1 Å². The first-order chi connectivity index (χ1) is 8.45. The molecule has 96 valence electrons. The molecule has 1 N–H and O–H groups in total. The number of halogens is 1. The molecule has 0 saturated heterocycles. The fourth-order valence-electron chi connectivity index (χ4n) is 1.69. The summed E-state index contributed by atoms with van der Waals surface area (Å²) in [5, 5.41) is 17.5. The van der Waals surface area contributed by atoms with Crippen molar-refractivity contribution in [2.45, 2.75) is 13.5 Å². The first-order valence-electron chi connectivity index (χ1n) is 5.54. The van der Waals surface area contributed by atoms with Gasteiger partial charge < -0.3 is 10.0 Å². The van der Waals surface area contributed by atoms with Crippen LogP contribution in [0.15, 0.2) is 18.2 Å². The predicted octanol–water partition coefficient (Wildman–Crippen LogP) is 1.85. The van der Waals surface area contributed by atoms with E-state index in [-0.39, 0.29) is 12.1 Å². The van der Waals surface area contributed by atoms with Crippen molar-refractivity contribution in [3.8, 4) is 6.07 Å². The van der Waals surface area contributed by atoms with E-state index in [1.807, 2.05) is 0 Å². The number of carboxylic acids is 1. The topological polar surface area (TPSA) is 64.3 Å². The van der Waals surface area contributed by atoms with Gasteiger partial charge in [-0.05, 0) is 13.1 Å². The quantitative estimate of drug-likeness (QED) is 0.866. The Morgan fingerprint density at radius 3 is 2.83 bits per heavy atom. The van der Waals surface area contributed by atoms with Crippen LogP contribution in [-0.4, -0.2) is 29.6 Å². The fraction of sp³-hybridized carbons (Fsp3) is 0.385. The highest BCUT2D eigenvalue weighted by molar-refractivity contribution is 5.69. The molecule has 0 aliphatic rings. The monoisotopic (exact) mass is 250 g/mol. The molecule has 18 heavy (non-hydrogen) atoms. The number of nitrogens with zero attached hydrogens (tertiary/aromatic N) is 2. The van der Waals surface area contributed by atoms with Gasteiger partial charge in [0.15, 0.2) is 0 Å². The largest absolute Gasteiger partial charge is 0.481 e. The van der Waals surface area contributed by atoms with Gasteiger partial charge in [0.25, 0.3) is 0 Å². The van der Waals surface area contributed by atoms with Gasteiger partial charge in [0.1, 0.15) is 11.9 Å². The van der Waals surface area contributed by atoms with E-state index in [1.165, 1.54) is 6.07 Å². The molecule has 0 spiro atoms. The Balaban J connectivity index is 2.74. The van der Waals surface area contributed by atoms with Gasteiger partial charge in [-0.1, -0.05) is 19.1 Å². The maximum Gasteiger partial charge on any atom is 0.307 e. The zero-order chi connectivity index (χ0) is 13.7. The molecule has 1 aromatic rings. The lowest BCUT2D eigenvalue weighted by Gasteiger charge is -2.19. The second kappa shape index (κ2) is 6.12. The van der Waals surface area contributed by atoms with Gasteiger partial charge in [0.05, 0.1) is 11.5 Å². The van der Waals surface area contributed by atoms with Crippen LogP contribution in [0.5, 0.6) is 0 Å². The van der Waals surface area contributed by atoms with Crippen molar-refractivity contribution in [2.24, 2.45) is 5.92 Å². The van der Waals surface area contributed by atoms with E-state index in [2.05, 4.69) is 0 Å². The molecule has 5 heteroatoms. The molecule has 0 aliphatic heterocycles. The van der Waals surface area contributed by atoms with Crippen molar-refractivity contribution < 1.29 is 14.3 Å². The lowest BCUT2D eigenvalue weighted by atomic mass is 10.1. The van der Waals surface area contributed by atoms with Crippen molar-refractivity contribution in [2.75, 3.05) is 13.6 Å². The number of aliphatic carboxylic acids is 1. The smallest absolute Gasteiger partial charge is 0.307 e. The maximum atomic E-state index is 13.8. The minimum absolute atomic E-state index is 0.00665. The van der Waals surface area contributed by atoms with Gasteiger partial charge in [-0.3, -0.25) is 4.79 Å². The summed E-state index contributed by atoms with van der Waals surface area (Å²) in [5.74, 6) is -1.93. The van der Waals surface area contributed by atoms with Crippen molar-refractivity contribution >= 4 is 5.97 Å². The van der Waals surface area contributed by atoms with E-state index < -0.39 is 17.7 Å². The zero-order valence-corrected chi connectivity index (χ0v) is 10.4. The zero-order valence-electron chi connectivity index (χ0n) is 10.4. The van der Waals surface area contributed by atoms with Crippen LogP contribution in [0.2, 0.25) is 0 Å². The van der Waals surface area contributed by atoms with E-state index in [0.717, 1.165) is 0 Å². The Kier molecular flexibility index (Phi) is 4.81. The highest BCUT2D eigenvalue weighted by Crippen LogP contribution is 2.14. The van der Waals surface area contributed by atoms with Crippen LogP contribution in [0.3, 0.4) is 0 Å². The Morgan fingerprint density at radius 1 is 1.61 bits per heavy atom. The van der Waals surface area contributed by atoms with Crippen molar-refractivity contribution in [1.82, 2.24) is 4.90 Å². The molecule has 1 rings (SSSR count). The average molecular weight is 250 g/mol.